The molecule has 116 valence electrons. The second-order valence-corrected chi connectivity index (χ2v) is 5.68. The lowest BCUT2D eigenvalue weighted by molar-refractivity contribution is -0.142. The summed E-state index contributed by atoms with van der Waals surface area (Å²) in [6.45, 7) is 5.21. The fraction of sp³-hybridized carbons (Fsp3) is 0.643. The number of aromatic amines is 1. The Labute approximate surface area is 123 Å². The zero-order chi connectivity index (χ0) is 15.4. The molecule has 0 spiro atoms. The van der Waals surface area contributed by atoms with Crippen LogP contribution in [0.2, 0.25) is 0 Å². The third kappa shape index (κ3) is 3.74. The number of nitrogens with zero attached hydrogens (tertiary/aromatic N) is 2. The summed E-state index contributed by atoms with van der Waals surface area (Å²) in [4.78, 5) is 24.6. The topological polar surface area (TPSA) is 98.3 Å². The Balaban J connectivity index is 1.71. The van der Waals surface area contributed by atoms with Crippen molar-refractivity contribution in [2.75, 3.05) is 19.6 Å². The molecule has 0 radical (unpaired) electrons. The van der Waals surface area contributed by atoms with Gasteiger partial charge >= 0.3 is 12.0 Å². The summed E-state index contributed by atoms with van der Waals surface area (Å²) < 4.78 is 0. The van der Waals surface area contributed by atoms with Gasteiger partial charge in [0.25, 0.3) is 0 Å². The molecule has 2 heterocycles. The average molecular weight is 294 g/mol. The minimum absolute atomic E-state index is 0.00169. The molecule has 1 aromatic heterocycles. The van der Waals surface area contributed by atoms with E-state index >= 15 is 0 Å². The normalized spacial score (nSPS) is 21.5. The van der Waals surface area contributed by atoms with Gasteiger partial charge in [0.15, 0.2) is 0 Å². The van der Waals surface area contributed by atoms with E-state index in [-0.39, 0.29) is 11.9 Å². The number of aryl methyl sites for hydroxylation is 2. The molecule has 2 amide bonds. The molecular weight excluding hydrogens is 272 g/mol. The fourth-order valence-corrected chi connectivity index (χ4v) is 2.67. The Hall–Kier alpha value is -2.05. The minimum Gasteiger partial charge on any atom is -0.481 e. The lowest BCUT2D eigenvalue weighted by Gasteiger charge is -2.16. The SMILES string of the molecule is Cc1[nH]ncc1CCCNC(=O)N1CC(C)C(C(=O)O)C1. The standard InChI is InChI=1S/C14H22N4O3/c1-9-7-18(8-12(9)13(19)20)14(21)15-5-3-4-11-6-16-17-10(11)2/h6,9,12H,3-5,7-8H2,1-2H3,(H,15,21)(H,16,17)(H,19,20). The summed E-state index contributed by atoms with van der Waals surface area (Å²) in [5, 5.41) is 18.7. The molecule has 7 heteroatoms. The number of hydrogen-bond donors (Lipinski definition) is 3. The van der Waals surface area contributed by atoms with Crippen molar-refractivity contribution in [1.82, 2.24) is 20.4 Å². The van der Waals surface area contributed by atoms with Crippen molar-refractivity contribution in [1.29, 1.82) is 0 Å². The predicted octanol–water partition coefficient (Wildman–Crippen LogP) is 1.01. The Kier molecular flexibility index (Phi) is 4.82. The summed E-state index contributed by atoms with van der Waals surface area (Å²) in [6.07, 6.45) is 3.49. The monoisotopic (exact) mass is 294 g/mol. The maximum Gasteiger partial charge on any atom is 0.317 e. The molecular formula is C14H22N4O3. The lowest BCUT2D eigenvalue weighted by atomic mass is 9.99. The molecule has 2 unspecified atom stereocenters. The molecule has 1 saturated heterocycles. The number of amides is 2. The summed E-state index contributed by atoms with van der Waals surface area (Å²) in [6, 6.07) is -0.172. The van der Waals surface area contributed by atoms with Crippen LogP contribution in [-0.4, -0.2) is 51.8 Å². The van der Waals surface area contributed by atoms with Crippen LogP contribution in [0.5, 0.6) is 0 Å². The molecule has 0 bridgehead atoms. The van der Waals surface area contributed by atoms with Gasteiger partial charge in [-0.3, -0.25) is 9.89 Å². The molecule has 21 heavy (non-hydrogen) atoms. The molecule has 1 aliphatic heterocycles. The maximum absolute atomic E-state index is 12.0. The Morgan fingerprint density at radius 1 is 1.52 bits per heavy atom. The first kappa shape index (κ1) is 15.3. The van der Waals surface area contributed by atoms with E-state index in [1.54, 1.807) is 11.1 Å². The first-order chi connectivity index (χ1) is 9.99. The zero-order valence-corrected chi connectivity index (χ0v) is 12.4. The number of hydrogen-bond acceptors (Lipinski definition) is 3. The number of aromatic nitrogens is 2. The van der Waals surface area contributed by atoms with Crippen molar-refractivity contribution < 1.29 is 14.7 Å². The number of aliphatic carboxylic acids is 1. The van der Waals surface area contributed by atoms with E-state index in [9.17, 15) is 9.59 Å². The van der Waals surface area contributed by atoms with Gasteiger partial charge in [0.1, 0.15) is 0 Å². The number of rotatable bonds is 5. The molecule has 7 nitrogen and oxygen atoms in total. The minimum atomic E-state index is -0.826. The van der Waals surface area contributed by atoms with E-state index < -0.39 is 11.9 Å². The van der Waals surface area contributed by atoms with E-state index in [1.807, 2.05) is 13.8 Å². The second kappa shape index (κ2) is 6.60. The van der Waals surface area contributed by atoms with E-state index in [0.29, 0.717) is 19.6 Å². The maximum atomic E-state index is 12.0. The van der Waals surface area contributed by atoms with Gasteiger partial charge in [0, 0.05) is 25.3 Å². The number of urea groups is 1. The van der Waals surface area contributed by atoms with Crippen LogP contribution in [0.15, 0.2) is 6.20 Å². The molecule has 1 aromatic rings. The van der Waals surface area contributed by atoms with Crippen LogP contribution in [0.4, 0.5) is 4.79 Å². The van der Waals surface area contributed by atoms with Gasteiger partial charge in [-0.2, -0.15) is 5.10 Å². The summed E-state index contributed by atoms with van der Waals surface area (Å²) in [5.41, 5.74) is 2.21. The van der Waals surface area contributed by atoms with Crippen LogP contribution in [0.3, 0.4) is 0 Å². The first-order valence-electron chi connectivity index (χ1n) is 7.23. The van der Waals surface area contributed by atoms with E-state index in [2.05, 4.69) is 15.5 Å². The second-order valence-electron chi connectivity index (χ2n) is 5.68. The van der Waals surface area contributed by atoms with Crippen molar-refractivity contribution in [3.8, 4) is 0 Å². The molecule has 1 fully saturated rings. The number of carboxylic acids is 1. The first-order valence-corrected chi connectivity index (χ1v) is 7.23. The number of nitrogens with one attached hydrogen (secondary N) is 2. The number of likely N-dealkylation sites (tertiary alicyclic amines) is 1. The summed E-state index contributed by atoms with van der Waals surface area (Å²) in [7, 11) is 0. The Morgan fingerprint density at radius 3 is 2.86 bits per heavy atom. The highest BCUT2D eigenvalue weighted by Crippen LogP contribution is 2.22. The summed E-state index contributed by atoms with van der Waals surface area (Å²) >= 11 is 0. The number of carbonyl (C=O) groups is 2. The van der Waals surface area contributed by atoms with Gasteiger partial charge in [-0.1, -0.05) is 6.92 Å². The lowest BCUT2D eigenvalue weighted by Crippen LogP contribution is -2.39. The molecule has 2 atom stereocenters. The van der Waals surface area contributed by atoms with E-state index in [4.69, 9.17) is 5.11 Å². The molecule has 3 N–H and O–H groups in total. The van der Waals surface area contributed by atoms with Gasteiger partial charge in [0.2, 0.25) is 0 Å². The smallest absolute Gasteiger partial charge is 0.317 e. The van der Waals surface area contributed by atoms with Crippen molar-refractivity contribution in [3.05, 3.63) is 17.5 Å². The van der Waals surface area contributed by atoms with E-state index in [1.165, 1.54) is 0 Å². The molecule has 0 aliphatic carbocycles. The van der Waals surface area contributed by atoms with Crippen molar-refractivity contribution >= 4 is 12.0 Å². The third-order valence-corrected chi connectivity index (χ3v) is 4.05. The van der Waals surface area contributed by atoms with Gasteiger partial charge in [0.05, 0.1) is 12.1 Å². The van der Waals surface area contributed by atoms with Crippen LogP contribution in [0.25, 0.3) is 0 Å². The van der Waals surface area contributed by atoms with Crippen LogP contribution in [0, 0.1) is 18.8 Å². The quantitative estimate of drug-likeness (QED) is 0.706. The Bertz CT molecular complexity index is 514. The van der Waals surface area contributed by atoms with E-state index in [0.717, 1.165) is 24.1 Å². The summed E-state index contributed by atoms with van der Waals surface area (Å²) in [5.74, 6) is -1.28. The Morgan fingerprint density at radius 2 is 2.29 bits per heavy atom. The highest BCUT2D eigenvalue weighted by molar-refractivity contribution is 5.77. The number of carboxylic acid groups (broad SMARTS) is 1. The van der Waals surface area contributed by atoms with Gasteiger partial charge in [-0.25, -0.2) is 4.79 Å². The fourth-order valence-electron chi connectivity index (χ4n) is 2.67. The van der Waals surface area contributed by atoms with Crippen LogP contribution >= 0.6 is 0 Å². The highest BCUT2D eigenvalue weighted by Gasteiger charge is 2.36. The van der Waals surface area contributed by atoms with Gasteiger partial charge in [-0.05, 0) is 31.2 Å². The highest BCUT2D eigenvalue weighted by atomic mass is 16.4. The van der Waals surface area contributed by atoms with Gasteiger partial charge in [-0.15, -0.1) is 0 Å². The van der Waals surface area contributed by atoms with Crippen molar-refractivity contribution in [2.24, 2.45) is 11.8 Å². The van der Waals surface area contributed by atoms with Gasteiger partial charge < -0.3 is 15.3 Å². The average Bonchev–Trinajstić information content (AvgIpc) is 3.01. The zero-order valence-electron chi connectivity index (χ0n) is 12.4. The van der Waals surface area contributed by atoms with Crippen LogP contribution in [-0.2, 0) is 11.2 Å². The van der Waals surface area contributed by atoms with Crippen molar-refractivity contribution in [2.45, 2.75) is 26.7 Å². The van der Waals surface area contributed by atoms with Crippen LogP contribution in [0.1, 0.15) is 24.6 Å². The van der Waals surface area contributed by atoms with Crippen LogP contribution < -0.4 is 5.32 Å². The number of H-pyrrole nitrogens is 1. The number of carbonyl (C=O) groups excluding carboxylic acids is 1. The molecule has 0 saturated carbocycles. The molecule has 0 aromatic carbocycles. The molecule has 2 rings (SSSR count). The third-order valence-electron chi connectivity index (χ3n) is 4.05. The largest absolute Gasteiger partial charge is 0.481 e. The molecule has 1 aliphatic rings. The predicted molar refractivity (Wildman–Crippen MR) is 76.9 cm³/mol. The van der Waals surface area contributed by atoms with Crippen molar-refractivity contribution in [3.63, 3.8) is 0 Å².